The second kappa shape index (κ2) is 11.5. The maximum absolute atomic E-state index is 12.4. The molecule has 2 unspecified atom stereocenters. The molecule has 3 fully saturated rings. The van der Waals surface area contributed by atoms with Crippen molar-refractivity contribution in [1.29, 1.82) is 0 Å². The summed E-state index contributed by atoms with van der Waals surface area (Å²) in [7, 11) is 0. The minimum absolute atomic E-state index is 0.0996. The maximum atomic E-state index is 12.4. The van der Waals surface area contributed by atoms with E-state index in [0.717, 1.165) is 70.6 Å². The predicted octanol–water partition coefficient (Wildman–Crippen LogP) is 2.67. The molecule has 0 bridgehead atoms. The Labute approximate surface area is 193 Å². The third-order valence-corrected chi connectivity index (χ3v) is 6.90. The lowest BCUT2D eigenvalue weighted by atomic mass is 9.95. The average molecular weight is 445 g/mol. The zero-order chi connectivity index (χ0) is 22.3. The molecule has 7 heteroatoms. The van der Waals surface area contributed by atoms with Gasteiger partial charge in [0.1, 0.15) is 0 Å². The highest BCUT2D eigenvalue weighted by atomic mass is 16.5. The molecule has 0 saturated carbocycles. The summed E-state index contributed by atoms with van der Waals surface area (Å²) in [4.78, 5) is 19.8. The molecule has 3 heterocycles. The number of carbonyl (C=O) groups is 1. The van der Waals surface area contributed by atoms with E-state index in [2.05, 4.69) is 46.0 Å². The first-order valence-corrected chi connectivity index (χ1v) is 12.4. The quantitative estimate of drug-likeness (QED) is 0.698. The van der Waals surface area contributed by atoms with Crippen LogP contribution in [0.1, 0.15) is 33.1 Å². The lowest BCUT2D eigenvalue weighted by Gasteiger charge is -2.39. The van der Waals surface area contributed by atoms with Gasteiger partial charge in [-0.2, -0.15) is 0 Å². The van der Waals surface area contributed by atoms with Gasteiger partial charge < -0.3 is 24.6 Å². The van der Waals surface area contributed by atoms with E-state index < -0.39 is 0 Å². The van der Waals surface area contributed by atoms with Crippen molar-refractivity contribution in [2.24, 2.45) is 5.92 Å². The molecule has 178 valence electrons. The Morgan fingerprint density at radius 2 is 1.62 bits per heavy atom. The minimum Gasteiger partial charge on any atom is -0.378 e. The van der Waals surface area contributed by atoms with E-state index in [0.29, 0.717) is 18.6 Å². The number of nitrogens with zero attached hydrogens (tertiary/aromatic N) is 3. The second-order valence-corrected chi connectivity index (χ2v) is 9.71. The Bertz CT molecular complexity index is 704. The first-order valence-electron chi connectivity index (χ1n) is 12.4. The van der Waals surface area contributed by atoms with Crippen LogP contribution in [0.15, 0.2) is 24.3 Å². The first-order chi connectivity index (χ1) is 15.5. The van der Waals surface area contributed by atoms with Crippen LogP contribution in [-0.2, 0) is 14.3 Å². The van der Waals surface area contributed by atoms with Crippen LogP contribution >= 0.6 is 0 Å². The van der Waals surface area contributed by atoms with E-state index in [1.165, 1.54) is 25.1 Å². The summed E-state index contributed by atoms with van der Waals surface area (Å²) in [6, 6.07) is 8.17. The SMILES string of the molecule is CC1CN(CC2CCN(CCC(=O)Nc3ccc(N4CCOCC4)cc3)CC2)CC(C)O1. The molecule has 4 rings (SSSR count). The summed E-state index contributed by atoms with van der Waals surface area (Å²) < 4.78 is 11.3. The molecule has 32 heavy (non-hydrogen) atoms. The molecule has 1 aromatic carbocycles. The van der Waals surface area contributed by atoms with Gasteiger partial charge in [0.25, 0.3) is 0 Å². The third-order valence-electron chi connectivity index (χ3n) is 6.90. The number of ether oxygens (including phenoxy) is 2. The van der Waals surface area contributed by atoms with Gasteiger partial charge >= 0.3 is 0 Å². The number of carbonyl (C=O) groups excluding carboxylic acids is 1. The number of benzene rings is 1. The lowest BCUT2D eigenvalue weighted by molar-refractivity contribution is -0.116. The van der Waals surface area contributed by atoms with Crippen LogP contribution in [0.4, 0.5) is 11.4 Å². The summed E-state index contributed by atoms with van der Waals surface area (Å²) in [5.74, 6) is 0.866. The first kappa shape index (κ1) is 23.5. The van der Waals surface area contributed by atoms with Crippen LogP contribution < -0.4 is 10.2 Å². The molecule has 0 aromatic heterocycles. The molecule has 2 atom stereocenters. The molecule has 1 N–H and O–H groups in total. The molecule has 0 radical (unpaired) electrons. The highest BCUT2D eigenvalue weighted by Gasteiger charge is 2.26. The number of rotatable bonds is 7. The predicted molar refractivity (Wildman–Crippen MR) is 128 cm³/mol. The van der Waals surface area contributed by atoms with Gasteiger partial charge in [0.05, 0.1) is 25.4 Å². The molecular weight excluding hydrogens is 404 g/mol. The number of hydrogen-bond donors (Lipinski definition) is 1. The van der Waals surface area contributed by atoms with Gasteiger partial charge in [-0.1, -0.05) is 0 Å². The van der Waals surface area contributed by atoms with Gasteiger partial charge in [-0.05, 0) is 70.0 Å². The molecule has 0 spiro atoms. The maximum Gasteiger partial charge on any atom is 0.225 e. The van der Waals surface area contributed by atoms with Crippen LogP contribution in [0.2, 0.25) is 0 Å². The Morgan fingerprint density at radius 1 is 0.969 bits per heavy atom. The van der Waals surface area contributed by atoms with Crippen LogP contribution in [-0.4, -0.2) is 93.5 Å². The summed E-state index contributed by atoms with van der Waals surface area (Å²) in [6.45, 7) is 14.1. The molecular formula is C25H40N4O3. The largest absolute Gasteiger partial charge is 0.378 e. The zero-order valence-corrected chi connectivity index (χ0v) is 19.8. The fourth-order valence-electron chi connectivity index (χ4n) is 5.25. The van der Waals surface area contributed by atoms with E-state index in [4.69, 9.17) is 9.47 Å². The molecule has 3 aliphatic heterocycles. The van der Waals surface area contributed by atoms with Crippen molar-refractivity contribution in [2.75, 3.05) is 75.8 Å². The number of likely N-dealkylation sites (tertiary alicyclic amines) is 1. The normalized spacial score (nSPS) is 26.2. The van der Waals surface area contributed by atoms with Crippen molar-refractivity contribution in [3.8, 4) is 0 Å². The van der Waals surface area contributed by atoms with Gasteiger partial charge in [0.15, 0.2) is 0 Å². The number of nitrogens with one attached hydrogen (secondary N) is 1. The van der Waals surface area contributed by atoms with Gasteiger partial charge in [-0.15, -0.1) is 0 Å². The second-order valence-electron chi connectivity index (χ2n) is 9.71. The topological polar surface area (TPSA) is 57.3 Å². The van der Waals surface area contributed by atoms with Crippen molar-refractivity contribution >= 4 is 17.3 Å². The van der Waals surface area contributed by atoms with Crippen molar-refractivity contribution in [3.05, 3.63) is 24.3 Å². The zero-order valence-electron chi connectivity index (χ0n) is 19.8. The number of piperidine rings is 1. The van der Waals surface area contributed by atoms with E-state index in [-0.39, 0.29) is 5.91 Å². The van der Waals surface area contributed by atoms with Crippen LogP contribution in [0.25, 0.3) is 0 Å². The Kier molecular flexibility index (Phi) is 8.41. The number of anilines is 2. The smallest absolute Gasteiger partial charge is 0.225 e. The molecule has 3 saturated heterocycles. The van der Waals surface area contributed by atoms with Gasteiger partial charge in [0, 0.05) is 57.1 Å². The van der Waals surface area contributed by atoms with Crippen molar-refractivity contribution < 1.29 is 14.3 Å². The van der Waals surface area contributed by atoms with Crippen LogP contribution in [0.3, 0.4) is 0 Å². The molecule has 1 amide bonds. The third kappa shape index (κ3) is 6.91. The Balaban J connectivity index is 1.13. The number of hydrogen-bond acceptors (Lipinski definition) is 6. The van der Waals surface area contributed by atoms with Crippen molar-refractivity contribution in [3.63, 3.8) is 0 Å². The lowest BCUT2D eigenvalue weighted by Crippen LogP contribution is -2.48. The highest BCUT2D eigenvalue weighted by molar-refractivity contribution is 5.91. The van der Waals surface area contributed by atoms with E-state index in [9.17, 15) is 4.79 Å². The van der Waals surface area contributed by atoms with E-state index >= 15 is 0 Å². The monoisotopic (exact) mass is 444 g/mol. The highest BCUT2D eigenvalue weighted by Crippen LogP contribution is 2.22. The molecule has 7 nitrogen and oxygen atoms in total. The van der Waals surface area contributed by atoms with Gasteiger partial charge in [-0.25, -0.2) is 0 Å². The van der Waals surface area contributed by atoms with Crippen molar-refractivity contribution in [2.45, 2.75) is 45.3 Å². The van der Waals surface area contributed by atoms with Crippen LogP contribution in [0, 0.1) is 5.92 Å². The fourth-order valence-corrected chi connectivity index (χ4v) is 5.25. The Hall–Kier alpha value is -1.67. The number of amides is 1. The van der Waals surface area contributed by atoms with Crippen LogP contribution in [0.5, 0.6) is 0 Å². The Morgan fingerprint density at radius 3 is 2.28 bits per heavy atom. The summed E-state index contributed by atoms with van der Waals surface area (Å²) >= 11 is 0. The van der Waals surface area contributed by atoms with E-state index in [1.807, 2.05) is 12.1 Å². The summed E-state index contributed by atoms with van der Waals surface area (Å²) in [6.07, 6.45) is 3.69. The summed E-state index contributed by atoms with van der Waals surface area (Å²) in [5, 5.41) is 3.06. The number of morpholine rings is 2. The fraction of sp³-hybridized carbons (Fsp3) is 0.720. The van der Waals surface area contributed by atoms with Gasteiger partial charge in [0.2, 0.25) is 5.91 Å². The molecule has 0 aliphatic carbocycles. The molecule has 3 aliphatic rings. The standard InChI is InChI=1S/C25H40N4O3/c1-20-17-28(18-21(2)32-20)19-22-7-10-27(11-8-22)12-9-25(30)26-23-3-5-24(6-4-23)29-13-15-31-16-14-29/h3-6,20-22H,7-19H2,1-2H3,(H,26,30). The van der Waals surface area contributed by atoms with E-state index in [1.54, 1.807) is 0 Å². The average Bonchev–Trinajstić information content (AvgIpc) is 2.79. The minimum atomic E-state index is 0.0996. The molecule has 1 aromatic rings. The van der Waals surface area contributed by atoms with Gasteiger partial charge in [-0.3, -0.25) is 9.69 Å². The summed E-state index contributed by atoms with van der Waals surface area (Å²) in [5.41, 5.74) is 2.06. The van der Waals surface area contributed by atoms with Crippen molar-refractivity contribution in [1.82, 2.24) is 9.80 Å².